The first-order valence-electron chi connectivity index (χ1n) is 9.31. The molecule has 3 aromatic carbocycles. The summed E-state index contributed by atoms with van der Waals surface area (Å²) in [6, 6.07) is 23.0. The van der Waals surface area contributed by atoms with Crippen LogP contribution in [0, 0.1) is 10.1 Å². The summed E-state index contributed by atoms with van der Waals surface area (Å²) in [6.45, 7) is -0.278. The molecule has 8 nitrogen and oxygen atoms in total. The van der Waals surface area contributed by atoms with E-state index >= 15 is 0 Å². The number of non-ortho nitro benzene ring substituents is 1. The van der Waals surface area contributed by atoms with Crippen molar-refractivity contribution < 1.29 is 19.2 Å². The Morgan fingerprint density at radius 1 is 0.903 bits per heavy atom. The Morgan fingerprint density at radius 2 is 1.61 bits per heavy atom. The smallest absolute Gasteiger partial charge is 0.276 e. The minimum absolute atomic E-state index is 0.0789. The Labute approximate surface area is 178 Å². The highest BCUT2D eigenvalue weighted by Gasteiger charge is 2.06. The van der Waals surface area contributed by atoms with E-state index in [2.05, 4.69) is 10.9 Å². The zero-order chi connectivity index (χ0) is 22.1. The van der Waals surface area contributed by atoms with Crippen LogP contribution in [0.15, 0.2) is 84.9 Å². The molecule has 0 aliphatic carbocycles. The molecule has 0 atom stereocenters. The number of carbonyl (C=O) groups is 2. The van der Waals surface area contributed by atoms with E-state index in [4.69, 9.17) is 4.74 Å². The molecule has 0 unspecified atom stereocenters. The third-order valence-corrected chi connectivity index (χ3v) is 4.16. The zero-order valence-electron chi connectivity index (χ0n) is 16.4. The first-order chi connectivity index (χ1) is 15.0. The van der Waals surface area contributed by atoms with Gasteiger partial charge in [-0.2, -0.15) is 0 Å². The average molecular weight is 417 g/mol. The van der Waals surface area contributed by atoms with Gasteiger partial charge in [0.05, 0.1) is 4.92 Å². The van der Waals surface area contributed by atoms with E-state index in [1.54, 1.807) is 18.2 Å². The van der Waals surface area contributed by atoms with Crippen LogP contribution in [-0.4, -0.2) is 23.3 Å². The van der Waals surface area contributed by atoms with E-state index in [-0.39, 0.29) is 12.3 Å². The Hall–Kier alpha value is -4.46. The van der Waals surface area contributed by atoms with E-state index < -0.39 is 16.7 Å². The average Bonchev–Trinajstić information content (AvgIpc) is 2.81. The van der Waals surface area contributed by atoms with Crippen molar-refractivity contribution in [3.8, 4) is 16.9 Å². The highest BCUT2D eigenvalue weighted by atomic mass is 16.6. The number of amides is 2. The van der Waals surface area contributed by atoms with Gasteiger partial charge in [-0.15, -0.1) is 0 Å². The van der Waals surface area contributed by atoms with Crippen LogP contribution in [0.3, 0.4) is 0 Å². The van der Waals surface area contributed by atoms with E-state index in [0.717, 1.165) is 17.2 Å². The predicted molar refractivity (Wildman–Crippen MR) is 116 cm³/mol. The highest BCUT2D eigenvalue weighted by Crippen LogP contribution is 2.22. The third kappa shape index (κ3) is 6.53. The van der Waals surface area contributed by atoms with Crippen molar-refractivity contribution >= 4 is 23.6 Å². The van der Waals surface area contributed by atoms with Gasteiger partial charge in [-0.05, 0) is 34.9 Å². The molecule has 31 heavy (non-hydrogen) atoms. The second kappa shape index (κ2) is 10.4. The number of hydrazine groups is 1. The molecule has 0 bridgehead atoms. The molecule has 0 aromatic heterocycles. The summed E-state index contributed by atoms with van der Waals surface area (Å²) in [5, 5.41) is 10.8. The largest absolute Gasteiger partial charge is 0.484 e. The minimum atomic E-state index is -0.591. The molecule has 156 valence electrons. The molecule has 0 aliphatic heterocycles. The molecule has 0 fully saturated rings. The lowest BCUT2D eigenvalue weighted by Gasteiger charge is -2.08. The standard InChI is InChI=1S/C23H19N3O5/c27-22(14-9-17-5-4-8-20(15-17)26(29)30)24-25-23(28)16-31-21-12-10-19(11-13-21)18-6-2-1-3-7-18/h1-15H,16H2,(H,24,27)(H,25,28)/b14-9+. The number of carbonyl (C=O) groups excluding carboxylic acids is 2. The van der Waals surface area contributed by atoms with Crippen LogP contribution in [0.2, 0.25) is 0 Å². The number of nitrogens with zero attached hydrogens (tertiary/aromatic N) is 1. The number of hydrogen-bond acceptors (Lipinski definition) is 5. The lowest BCUT2D eigenvalue weighted by molar-refractivity contribution is -0.384. The molecule has 3 aromatic rings. The summed E-state index contributed by atoms with van der Waals surface area (Å²) in [5.74, 6) is -0.608. The van der Waals surface area contributed by atoms with Crippen molar-refractivity contribution in [1.82, 2.24) is 10.9 Å². The van der Waals surface area contributed by atoms with E-state index in [9.17, 15) is 19.7 Å². The maximum absolute atomic E-state index is 11.9. The number of nitro benzene ring substituents is 1. The van der Waals surface area contributed by atoms with Gasteiger partial charge >= 0.3 is 0 Å². The van der Waals surface area contributed by atoms with E-state index in [1.165, 1.54) is 24.3 Å². The van der Waals surface area contributed by atoms with Gasteiger partial charge in [0.2, 0.25) is 0 Å². The Balaban J connectivity index is 1.43. The summed E-state index contributed by atoms with van der Waals surface area (Å²) >= 11 is 0. The maximum Gasteiger partial charge on any atom is 0.276 e. The van der Waals surface area contributed by atoms with Crippen LogP contribution in [-0.2, 0) is 9.59 Å². The lowest BCUT2D eigenvalue weighted by atomic mass is 10.1. The summed E-state index contributed by atoms with van der Waals surface area (Å²) in [6.07, 6.45) is 2.56. The molecule has 0 spiro atoms. The van der Waals surface area contributed by atoms with Gasteiger partial charge in [0, 0.05) is 18.2 Å². The number of nitrogens with one attached hydrogen (secondary N) is 2. The molecule has 0 saturated carbocycles. The van der Waals surface area contributed by atoms with Crippen LogP contribution in [0.25, 0.3) is 17.2 Å². The number of nitro groups is 1. The fraction of sp³-hybridized carbons (Fsp3) is 0.0435. The van der Waals surface area contributed by atoms with Gasteiger partial charge in [0.25, 0.3) is 17.5 Å². The van der Waals surface area contributed by atoms with Crippen molar-refractivity contribution in [1.29, 1.82) is 0 Å². The molecular weight excluding hydrogens is 398 g/mol. The summed E-state index contributed by atoms with van der Waals surface area (Å²) in [7, 11) is 0. The number of rotatable bonds is 7. The molecule has 0 saturated heterocycles. The molecule has 2 N–H and O–H groups in total. The normalized spacial score (nSPS) is 10.5. The highest BCUT2D eigenvalue weighted by molar-refractivity contribution is 5.93. The molecular formula is C23H19N3O5. The topological polar surface area (TPSA) is 111 Å². The van der Waals surface area contributed by atoms with Gasteiger partial charge in [0.1, 0.15) is 5.75 Å². The van der Waals surface area contributed by atoms with Crippen molar-refractivity contribution in [3.05, 3.63) is 101 Å². The van der Waals surface area contributed by atoms with Crippen molar-refractivity contribution in [2.24, 2.45) is 0 Å². The van der Waals surface area contributed by atoms with Crippen LogP contribution in [0.4, 0.5) is 5.69 Å². The maximum atomic E-state index is 11.9. The van der Waals surface area contributed by atoms with Gasteiger partial charge in [0.15, 0.2) is 6.61 Å². The Kier molecular flexibility index (Phi) is 7.10. The molecule has 2 amide bonds. The van der Waals surface area contributed by atoms with Crippen molar-refractivity contribution in [3.63, 3.8) is 0 Å². The predicted octanol–water partition coefficient (Wildman–Crippen LogP) is 3.50. The first kappa shape index (κ1) is 21.3. The van der Waals surface area contributed by atoms with E-state index in [1.807, 2.05) is 42.5 Å². The Morgan fingerprint density at radius 3 is 2.32 bits per heavy atom. The first-order valence-corrected chi connectivity index (χ1v) is 9.31. The second-order valence-corrected chi connectivity index (χ2v) is 6.40. The quantitative estimate of drug-likeness (QED) is 0.347. The van der Waals surface area contributed by atoms with Crippen LogP contribution in [0.5, 0.6) is 5.75 Å². The van der Waals surface area contributed by atoms with Gasteiger partial charge in [-0.1, -0.05) is 54.6 Å². The zero-order valence-corrected chi connectivity index (χ0v) is 16.4. The van der Waals surface area contributed by atoms with Crippen LogP contribution < -0.4 is 15.6 Å². The molecule has 8 heteroatoms. The molecule has 3 rings (SSSR count). The van der Waals surface area contributed by atoms with Crippen LogP contribution >= 0.6 is 0 Å². The number of hydrogen-bond donors (Lipinski definition) is 2. The molecule has 0 heterocycles. The minimum Gasteiger partial charge on any atom is -0.484 e. The number of ether oxygens (including phenoxy) is 1. The van der Waals surface area contributed by atoms with Crippen LogP contribution in [0.1, 0.15) is 5.56 Å². The lowest BCUT2D eigenvalue weighted by Crippen LogP contribution is -2.43. The van der Waals surface area contributed by atoms with Gasteiger partial charge < -0.3 is 4.74 Å². The fourth-order valence-electron chi connectivity index (χ4n) is 2.65. The van der Waals surface area contributed by atoms with Crippen molar-refractivity contribution in [2.75, 3.05) is 6.61 Å². The monoisotopic (exact) mass is 417 g/mol. The molecule has 0 aliphatic rings. The summed E-state index contributed by atoms with van der Waals surface area (Å²) < 4.78 is 5.41. The SMILES string of the molecule is O=C(/C=C/c1cccc([N+](=O)[O-])c1)NNC(=O)COc1ccc(-c2ccccc2)cc1. The summed E-state index contributed by atoms with van der Waals surface area (Å²) in [4.78, 5) is 33.9. The van der Waals surface area contributed by atoms with Gasteiger partial charge in [-0.3, -0.25) is 30.6 Å². The number of benzene rings is 3. The van der Waals surface area contributed by atoms with Crippen molar-refractivity contribution in [2.45, 2.75) is 0 Å². The summed E-state index contributed by atoms with van der Waals surface area (Å²) in [5.41, 5.74) is 6.96. The van der Waals surface area contributed by atoms with E-state index in [0.29, 0.717) is 11.3 Å². The third-order valence-electron chi connectivity index (χ3n) is 4.16. The van der Waals surface area contributed by atoms with Gasteiger partial charge in [-0.25, -0.2) is 0 Å². The Bertz CT molecular complexity index is 1100. The second-order valence-electron chi connectivity index (χ2n) is 6.40. The molecule has 0 radical (unpaired) electrons. The fourth-order valence-corrected chi connectivity index (χ4v) is 2.65.